The number of nitriles is 1. The second-order valence-electron chi connectivity index (χ2n) is 3.48. The summed E-state index contributed by atoms with van der Waals surface area (Å²) in [5.41, 5.74) is 1.83. The minimum Gasteiger partial charge on any atom is -0.496 e. The van der Waals surface area contributed by atoms with Crippen LogP contribution in [0.4, 0.5) is 0 Å². The molecule has 88 valence electrons. The summed E-state index contributed by atoms with van der Waals surface area (Å²) in [6, 6.07) is 7.33. The Morgan fingerprint density at radius 2 is 2.24 bits per heavy atom. The number of amides is 1. The van der Waals surface area contributed by atoms with E-state index in [1.165, 1.54) is 7.05 Å². The molecular weight excluding hydrogens is 216 g/mol. The molecular formula is C13H14N2O2. The van der Waals surface area contributed by atoms with Gasteiger partial charge in [-0.15, -0.1) is 0 Å². The summed E-state index contributed by atoms with van der Waals surface area (Å²) in [6.45, 7) is 1.90. The average Bonchev–Trinajstić information content (AvgIpc) is 2.35. The Labute approximate surface area is 101 Å². The zero-order chi connectivity index (χ0) is 12.8. The number of nitrogens with one attached hydrogen (secondary N) is 1. The summed E-state index contributed by atoms with van der Waals surface area (Å²) in [5.74, 6) is 0.390. The first-order valence-corrected chi connectivity index (χ1v) is 5.11. The molecule has 1 N–H and O–H groups in total. The lowest BCUT2D eigenvalue weighted by molar-refractivity contribution is -0.116. The van der Waals surface area contributed by atoms with Gasteiger partial charge in [-0.3, -0.25) is 4.79 Å². The maximum atomic E-state index is 11.3. The van der Waals surface area contributed by atoms with Crippen LogP contribution in [-0.4, -0.2) is 20.1 Å². The van der Waals surface area contributed by atoms with Crippen LogP contribution < -0.4 is 10.1 Å². The number of ether oxygens (including phenoxy) is 1. The molecule has 17 heavy (non-hydrogen) atoms. The minimum atomic E-state index is -0.388. The average molecular weight is 230 g/mol. The van der Waals surface area contributed by atoms with Crippen LogP contribution in [0.2, 0.25) is 0 Å². The third-order valence-corrected chi connectivity index (χ3v) is 2.32. The van der Waals surface area contributed by atoms with Gasteiger partial charge in [0.2, 0.25) is 0 Å². The number of hydrogen-bond acceptors (Lipinski definition) is 3. The molecule has 1 rings (SSSR count). The van der Waals surface area contributed by atoms with Gasteiger partial charge in [-0.05, 0) is 36.3 Å². The van der Waals surface area contributed by atoms with Crippen molar-refractivity contribution in [2.24, 2.45) is 0 Å². The van der Waals surface area contributed by atoms with Gasteiger partial charge in [-0.25, -0.2) is 0 Å². The number of aryl methyl sites for hydroxylation is 1. The van der Waals surface area contributed by atoms with Crippen molar-refractivity contribution in [2.75, 3.05) is 14.2 Å². The highest BCUT2D eigenvalue weighted by Gasteiger charge is 2.06. The van der Waals surface area contributed by atoms with Gasteiger partial charge in [0.05, 0.1) is 7.11 Å². The van der Waals surface area contributed by atoms with Crippen LogP contribution in [0, 0.1) is 18.3 Å². The van der Waals surface area contributed by atoms with Gasteiger partial charge in [0.25, 0.3) is 5.91 Å². The second-order valence-corrected chi connectivity index (χ2v) is 3.48. The molecule has 0 saturated heterocycles. The molecule has 1 amide bonds. The summed E-state index contributed by atoms with van der Waals surface area (Å²) < 4.78 is 5.13. The molecule has 4 nitrogen and oxygen atoms in total. The first-order valence-electron chi connectivity index (χ1n) is 5.11. The van der Waals surface area contributed by atoms with Crippen LogP contribution in [0.15, 0.2) is 23.8 Å². The number of carbonyl (C=O) groups excluding carboxylic acids is 1. The third kappa shape index (κ3) is 3.08. The van der Waals surface area contributed by atoms with Gasteiger partial charge in [0, 0.05) is 7.05 Å². The van der Waals surface area contributed by atoms with Gasteiger partial charge >= 0.3 is 0 Å². The van der Waals surface area contributed by atoms with Gasteiger partial charge in [0.1, 0.15) is 17.4 Å². The largest absolute Gasteiger partial charge is 0.496 e. The lowest BCUT2D eigenvalue weighted by Gasteiger charge is -2.05. The van der Waals surface area contributed by atoms with Crippen LogP contribution in [0.5, 0.6) is 5.75 Å². The van der Waals surface area contributed by atoms with Crippen molar-refractivity contribution in [1.29, 1.82) is 5.26 Å². The smallest absolute Gasteiger partial charge is 0.261 e. The van der Waals surface area contributed by atoms with Crippen molar-refractivity contribution < 1.29 is 9.53 Å². The molecule has 1 aromatic carbocycles. The van der Waals surface area contributed by atoms with Crippen molar-refractivity contribution in [1.82, 2.24) is 5.32 Å². The Kier molecular flexibility index (Phi) is 4.29. The molecule has 1 aromatic rings. The number of benzene rings is 1. The topological polar surface area (TPSA) is 62.1 Å². The van der Waals surface area contributed by atoms with Crippen molar-refractivity contribution in [3.63, 3.8) is 0 Å². The van der Waals surface area contributed by atoms with Gasteiger partial charge < -0.3 is 10.1 Å². The highest BCUT2D eigenvalue weighted by molar-refractivity contribution is 6.01. The Hall–Kier alpha value is -2.28. The van der Waals surface area contributed by atoms with E-state index in [-0.39, 0.29) is 11.5 Å². The Balaban J connectivity index is 3.10. The molecule has 0 fully saturated rings. The van der Waals surface area contributed by atoms with E-state index < -0.39 is 0 Å². The molecule has 0 radical (unpaired) electrons. The molecule has 0 spiro atoms. The standard InChI is InChI=1S/C13H14N2O2/c1-9-6-10(4-5-12(9)17-3)7-11(8-14)13(16)15-2/h4-7H,1-3H3,(H,15,16)/b11-7+. The molecule has 0 aromatic heterocycles. The van der Waals surface area contributed by atoms with E-state index in [1.807, 2.05) is 19.1 Å². The third-order valence-electron chi connectivity index (χ3n) is 2.32. The maximum absolute atomic E-state index is 11.3. The van der Waals surface area contributed by atoms with Crippen LogP contribution in [-0.2, 0) is 4.79 Å². The molecule has 0 aliphatic carbocycles. The molecule has 4 heteroatoms. The Morgan fingerprint density at radius 1 is 1.53 bits per heavy atom. The number of nitrogens with zero attached hydrogens (tertiary/aromatic N) is 1. The van der Waals surface area contributed by atoms with Crippen LogP contribution in [0.3, 0.4) is 0 Å². The van der Waals surface area contributed by atoms with Gasteiger partial charge in [-0.2, -0.15) is 5.26 Å². The first kappa shape index (κ1) is 12.8. The van der Waals surface area contributed by atoms with E-state index in [1.54, 1.807) is 25.3 Å². The zero-order valence-electron chi connectivity index (χ0n) is 10.1. The number of carbonyl (C=O) groups is 1. The van der Waals surface area contributed by atoms with E-state index in [0.29, 0.717) is 0 Å². The van der Waals surface area contributed by atoms with Gasteiger partial charge in [0.15, 0.2) is 0 Å². The molecule has 0 unspecified atom stereocenters. The number of methoxy groups -OCH3 is 1. The van der Waals surface area contributed by atoms with Gasteiger partial charge in [-0.1, -0.05) is 6.07 Å². The normalized spacial score (nSPS) is 10.6. The molecule has 0 saturated carbocycles. The highest BCUT2D eigenvalue weighted by atomic mass is 16.5. The summed E-state index contributed by atoms with van der Waals surface area (Å²) in [5, 5.41) is 11.3. The first-order chi connectivity index (χ1) is 8.12. The number of likely N-dealkylation sites (N-methyl/N-ethyl adjacent to an activating group) is 1. The summed E-state index contributed by atoms with van der Waals surface area (Å²) in [4.78, 5) is 11.3. The van der Waals surface area contributed by atoms with Crippen molar-refractivity contribution in [2.45, 2.75) is 6.92 Å². The monoisotopic (exact) mass is 230 g/mol. The van der Waals surface area contributed by atoms with E-state index in [9.17, 15) is 4.79 Å². The predicted molar refractivity (Wildman–Crippen MR) is 65.4 cm³/mol. The van der Waals surface area contributed by atoms with Crippen LogP contribution in [0.25, 0.3) is 6.08 Å². The predicted octanol–water partition coefficient (Wildman–Crippen LogP) is 1.66. The SMILES string of the molecule is CNC(=O)/C(C#N)=C/c1ccc(OC)c(C)c1. The van der Waals surface area contributed by atoms with E-state index in [2.05, 4.69) is 5.32 Å². The van der Waals surface area contributed by atoms with Crippen LogP contribution >= 0.6 is 0 Å². The molecule has 0 heterocycles. The second kappa shape index (κ2) is 5.71. The fourth-order valence-corrected chi connectivity index (χ4v) is 1.44. The molecule has 0 aliphatic rings. The van der Waals surface area contributed by atoms with E-state index >= 15 is 0 Å². The maximum Gasteiger partial charge on any atom is 0.261 e. The summed E-state index contributed by atoms with van der Waals surface area (Å²) in [7, 11) is 3.09. The lowest BCUT2D eigenvalue weighted by Crippen LogP contribution is -2.19. The lowest BCUT2D eigenvalue weighted by atomic mass is 10.1. The highest BCUT2D eigenvalue weighted by Crippen LogP contribution is 2.19. The number of rotatable bonds is 3. The fraction of sp³-hybridized carbons (Fsp3) is 0.231. The van der Waals surface area contributed by atoms with Crippen molar-refractivity contribution in [3.8, 4) is 11.8 Å². The van der Waals surface area contributed by atoms with E-state index in [0.717, 1.165) is 16.9 Å². The Morgan fingerprint density at radius 3 is 2.71 bits per heavy atom. The van der Waals surface area contributed by atoms with Crippen LogP contribution in [0.1, 0.15) is 11.1 Å². The molecule has 0 atom stereocenters. The molecule has 0 aliphatic heterocycles. The molecule has 0 bridgehead atoms. The summed E-state index contributed by atoms with van der Waals surface area (Å²) >= 11 is 0. The minimum absolute atomic E-state index is 0.0806. The fourth-order valence-electron chi connectivity index (χ4n) is 1.44. The van der Waals surface area contributed by atoms with Crippen molar-refractivity contribution in [3.05, 3.63) is 34.9 Å². The van der Waals surface area contributed by atoms with Crippen molar-refractivity contribution >= 4 is 12.0 Å². The zero-order valence-corrected chi connectivity index (χ0v) is 10.1. The Bertz CT molecular complexity index is 499. The number of hydrogen-bond donors (Lipinski definition) is 1. The quantitative estimate of drug-likeness (QED) is 0.634. The summed E-state index contributed by atoms with van der Waals surface area (Å²) in [6.07, 6.45) is 1.55. The van der Waals surface area contributed by atoms with E-state index in [4.69, 9.17) is 10.00 Å².